The summed E-state index contributed by atoms with van der Waals surface area (Å²) >= 11 is 0. The second-order valence-corrected chi connectivity index (χ2v) is 6.40. The Labute approximate surface area is 146 Å². The van der Waals surface area contributed by atoms with Gasteiger partial charge in [0.05, 0.1) is 14.2 Å². The van der Waals surface area contributed by atoms with Crippen LogP contribution in [0.5, 0.6) is 11.5 Å². The van der Waals surface area contributed by atoms with Gasteiger partial charge in [-0.05, 0) is 43.9 Å². The molecule has 1 saturated carbocycles. The first kappa shape index (κ1) is 17.5. The van der Waals surface area contributed by atoms with E-state index in [9.17, 15) is 9.59 Å². The number of hydrogen-bond donors (Lipinski definition) is 1. The van der Waals surface area contributed by atoms with E-state index < -0.39 is 18.2 Å². The molecule has 25 heavy (non-hydrogen) atoms. The Morgan fingerprint density at radius 2 is 1.88 bits per heavy atom. The van der Waals surface area contributed by atoms with E-state index in [1.165, 1.54) is 0 Å². The van der Waals surface area contributed by atoms with E-state index in [0.717, 1.165) is 18.4 Å². The van der Waals surface area contributed by atoms with Gasteiger partial charge in [0.1, 0.15) is 17.6 Å². The van der Waals surface area contributed by atoms with Gasteiger partial charge in [-0.3, -0.25) is 4.79 Å². The van der Waals surface area contributed by atoms with Crippen LogP contribution in [0.15, 0.2) is 18.2 Å². The number of carbonyl (C=O) groups is 2. The molecule has 1 saturated heterocycles. The molecule has 1 N–H and O–H groups in total. The van der Waals surface area contributed by atoms with Crippen molar-refractivity contribution in [2.75, 3.05) is 14.2 Å². The fraction of sp³-hybridized carbons (Fsp3) is 0.556. The number of hydrogen-bond acceptors (Lipinski definition) is 5. The average Bonchev–Trinajstić information content (AvgIpc) is 3.33. The second kappa shape index (κ2) is 7.31. The molecule has 3 rings (SSSR count). The van der Waals surface area contributed by atoms with Crippen molar-refractivity contribution in [1.29, 1.82) is 0 Å². The van der Waals surface area contributed by atoms with Gasteiger partial charge in [-0.15, -0.1) is 0 Å². The van der Waals surface area contributed by atoms with Crippen molar-refractivity contribution in [3.8, 4) is 11.5 Å². The van der Waals surface area contributed by atoms with Crippen molar-refractivity contribution in [3.63, 3.8) is 0 Å². The molecule has 1 aromatic rings. The molecule has 1 heterocycles. The molecular weight excluding hydrogens is 326 g/mol. The lowest BCUT2D eigenvalue weighted by atomic mass is 10.1. The van der Waals surface area contributed by atoms with Crippen LogP contribution < -0.4 is 9.47 Å². The van der Waals surface area contributed by atoms with Crippen molar-refractivity contribution in [2.24, 2.45) is 0 Å². The van der Waals surface area contributed by atoms with Crippen molar-refractivity contribution in [3.05, 3.63) is 23.8 Å². The molecule has 1 aromatic carbocycles. The fourth-order valence-electron chi connectivity index (χ4n) is 3.15. The zero-order valence-corrected chi connectivity index (χ0v) is 14.4. The second-order valence-electron chi connectivity index (χ2n) is 6.40. The van der Waals surface area contributed by atoms with E-state index in [0.29, 0.717) is 30.9 Å². The summed E-state index contributed by atoms with van der Waals surface area (Å²) in [6.07, 6.45) is 1.14. The van der Waals surface area contributed by atoms with Crippen LogP contribution in [0, 0.1) is 0 Å². The summed E-state index contributed by atoms with van der Waals surface area (Å²) in [5.41, 5.74) is 0.856. The molecule has 0 spiro atoms. The van der Waals surface area contributed by atoms with Crippen molar-refractivity contribution < 1.29 is 28.9 Å². The summed E-state index contributed by atoms with van der Waals surface area (Å²) in [5, 5.41) is 9.05. The van der Waals surface area contributed by atoms with Crippen LogP contribution in [0.2, 0.25) is 0 Å². The molecule has 136 valence electrons. The van der Waals surface area contributed by atoms with Gasteiger partial charge in [-0.25, -0.2) is 4.79 Å². The monoisotopic (exact) mass is 349 g/mol. The smallest absolute Gasteiger partial charge is 0.332 e. The minimum absolute atomic E-state index is 0.142. The molecule has 2 fully saturated rings. The highest BCUT2D eigenvalue weighted by atomic mass is 16.5. The van der Waals surface area contributed by atoms with Crippen LogP contribution in [0.4, 0.5) is 0 Å². The summed E-state index contributed by atoms with van der Waals surface area (Å²) in [6, 6.07) is 5.66. The van der Waals surface area contributed by atoms with Gasteiger partial charge in [0, 0.05) is 18.2 Å². The average molecular weight is 349 g/mol. The highest BCUT2D eigenvalue weighted by Gasteiger charge is 2.41. The Balaban J connectivity index is 1.76. The summed E-state index contributed by atoms with van der Waals surface area (Å²) in [4.78, 5) is 25.7. The molecule has 2 atom stereocenters. The van der Waals surface area contributed by atoms with Gasteiger partial charge < -0.3 is 24.2 Å². The quantitative estimate of drug-likeness (QED) is 0.808. The number of benzene rings is 1. The standard InChI is InChI=1S/C18H23NO6/c1-23-13-5-6-14(24-2)11(9-13)10-19(12-3-4-12)17(20)15-7-8-16(25-15)18(21)22/h5-6,9,12,15-16H,3-4,7-8,10H2,1-2H3,(H,21,22)/t15-,16+/m0/s1. The van der Waals surface area contributed by atoms with Gasteiger partial charge >= 0.3 is 5.97 Å². The summed E-state index contributed by atoms with van der Waals surface area (Å²) < 4.78 is 16.1. The molecule has 7 nitrogen and oxygen atoms in total. The maximum atomic E-state index is 12.9. The third-order valence-corrected chi connectivity index (χ3v) is 4.67. The number of nitrogens with zero attached hydrogens (tertiary/aromatic N) is 1. The Bertz CT molecular complexity index is 657. The van der Waals surface area contributed by atoms with Crippen molar-refractivity contribution in [1.82, 2.24) is 4.90 Å². The van der Waals surface area contributed by atoms with Gasteiger partial charge in [0.25, 0.3) is 5.91 Å². The Morgan fingerprint density at radius 3 is 2.44 bits per heavy atom. The van der Waals surface area contributed by atoms with Crippen LogP contribution in [0.1, 0.15) is 31.2 Å². The van der Waals surface area contributed by atoms with Crippen LogP contribution in [0.25, 0.3) is 0 Å². The van der Waals surface area contributed by atoms with Gasteiger partial charge in [0.2, 0.25) is 0 Å². The molecule has 1 aliphatic heterocycles. The highest BCUT2D eigenvalue weighted by molar-refractivity contribution is 5.83. The first-order chi connectivity index (χ1) is 12.0. The number of carboxylic acid groups (broad SMARTS) is 1. The van der Waals surface area contributed by atoms with Gasteiger partial charge in [-0.2, -0.15) is 0 Å². The lowest BCUT2D eigenvalue weighted by Gasteiger charge is -2.26. The lowest BCUT2D eigenvalue weighted by molar-refractivity contribution is -0.155. The number of carbonyl (C=O) groups excluding carboxylic acids is 1. The van der Waals surface area contributed by atoms with E-state index in [1.807, 2.05) is 18.2 Å². The van der Waals surface area contributed by atoms with E-state index >= 15 is 0 Å². The van der Waals surface area contributed by atoms with Crippen LogP contribution in [0.3, 0.4) is 0 Å². The zero-order chi connectivity index (χ0) is 18.0. The molecule has 2 aliphatic rings. The zero-order valence-electron chi connectivity index (χ0n) is 14.4. The summed E-state index contributed by atoms with van der Waals surface area (Å²) in [7, 11) is 3.18. The largest absolute Gasteiger partial charge is 0.497 e. The molecule has 0 radical (unpaired) electrons. The summed E-state index contributed by atoms with van der Waals surface area (Å²) in [6.45, 7) is 0.390. The van der Waals surface area contributed by atoms with E-state index in [4.69, 9.17) is 19.3 Å². The van der Waals surface area contributed by atoms with E-state index in [-0.39, 0.29) is 11.9 Å². The Hall–Kier alpha value is -2.28. The van der Waals surface area contributed by atoms with Crippen molar-refractivity contribution in [2.45, 2.75) is 50.5 Å². The number of aliphatic carboxylic acids is 1. The number of carboxylic acids is 1. The van der Waals surface area contributed by atoms with Crippen LogP contribution >= 0.6 is 0 Å². The predicted octanol–water partition coefficient (Wildman–Crippen LogP) is 1.83. The van der Waals surface area contributed by atoms with Crippen molar-refractivity contribution >= 4 is 11.9 Å². The topological polar surface area (TPSA) is 85.3 Å². The molecule has 1 aliphatic carbocycles. The van der Waals surface area contributed by atoms with E-state index in [1.54, 1.807) is 19.1 Å². The molecular formula is C18H23NO6. The molecule has 0 bridgehead atoms. The number of rotatable bonds is 7. The number of amides is 1. The van der Waals surface area contributed by atoms with E-state index in [2.05, 4.69) is 0 Å². The third kappa shape index (κ3) is 3.87. The maximum Gasteiger partial charge on any atom is 0.332 e. The lowest BCUT2D eigenvalue weighted by Crippen LogP contribution is -2.40. The minimum Gasteiger partial charge on any atom is -0.497 e. The molecule has 0 aromatic heterocycles. The van der Waals surface area contributed by atoms with Gasteiger partial charge in [-0.1, -0.05) is 0 Å². The first-order valence-corrected chi connectivity index (χ1v) is 8.43. The summed E-state index contributed by atoms with van der Waals surface area (Å²) in [5.74, 6) is 0.232. The minimum atomic E-state index is -1.01. The number of ether oxygens (including phenoxy) is 3. The SMILES string of the molecule is COc1ccc(OC)c(CN(C(=O)[C@@H]2CC[C@H](C(=O)O)O2)C2CC2)c1. The Kier molecular flexibility index (Phi) is 5.13. The Morgan fingerprint density at radius 1 is 1.16 bits per heavy atom. The molecule has 0 unspecified atom stereocenters. The fourth-order valence-corrected chi connectivity index (χ4v) is 3.15. The normalized spacial score (nSPS) is 22.5. The molecule has 7 heteroatoms. The first-order valence-electron chi connectivity index (χ1n) is 8.43. The molecule has 1 amide bonds. The number of methoxy groups -OCH3 is 2. The maximum absolute atomic E-state index is 12.9. The van der Waals surface area contributed by atoms with Crippen LogP contribution in [-0.4, -0.2) is 54.4 Å². The predicted molar refractivity (Wildman–Crippen MR) is 88.6 cm³/mol. The van der Waals surface area contributed by atoms with Gasteiger partial charge in [0.15, 0.2) is 6.10 Å². The highest BCUT2D eigenvalue weighted by Crippen LogP contribution is 2.34. The third-order valence-electron chi connectivity index (χ3n) is 4.67. The van der Waals surface area contributed by atoms with Crippen LogP contribution in [-0.2, 0) is 20.9 Å².